The van der Waals surface area contributed by atoms with Crippen molar-refractivity contribution >= 4 is 5.71 Å². The van der Waals surface area contributed by atoms with Crippen LogP contribution in [0.15, 0.2) is 29.4 Å². The highest BCUT2D eigenvalue weighted by molar-refractivity contribution is 5.83. The summed E-state index contributed by atoms with van der Waals surface area (Å²) in [5.74, 6) is 0.785. The van der Waals surface area contributed by atoms with Crippen molar-refractivity contribution in [2.45, 2.75) is 32.8 Å². The number of benzene rings is 1. The van der Waals surface area contributed by atoms with E-state index in [4.69, 9.17) is 15.1 Å². The number of nitrogens with zero attached hydrogens (tertiary/aromatic N) is 1. The molecule has 4 heteroatoms. The molecule has 4 nitrogen and oxygen atoms in total. The van der Waals surface area contributed by atoms with Crippen LogP contribution in [0.25, 0.3) is 0 Å². The highest BCUT2D eigenvalue weighted by atomic mass is 16.5. The molecule has 1 aromatic carbocycles. The Morgan fingerprint density at radius 2 is 2.00 bits per heavy atom. The molecule has 0 saturated heterocycles. The van der Waals surface area contributed by atoms with Crippen LogP contribution in [-0.2, 0) is 6.42 Å². The molecule has 0 heterocycles. The number of aliphatic hydroxyl groups excluding tert-OH is 1. The zero-order valence-electron chi connectivity index (χ0n) is 10.3. The van der Waals surface area contributed by atoms with E-state index >= 15 is 0 Å². The minimum atomic E-state index is -0.335. The average molecular weight is 237 g/mol. The first-order valence-corrected chi connectivity index (χ1v) is 5.69. The summed E-state index contributed by atoms with van der Waals surface area (Å²) in [5.41, 5.74) is 1.75. The maximum absolute atomic E-state index is 9.08. The van der Waals surface area contributed by atoms with Gasteiger partial charge in [-0.1, -0.05) is 17.3 Å². The summed E-state index contributed by atoms with van der Waals surface area (Å²) in [7, 11) is 0. The number of hydrogen-bond donors (Lipinski definition) is 2. The van der Waals surface area contributed by atoms with E-state index in [1.165, 1.54) is 0 Å². The number of rotatable bonds is 6. The van der Waals surface area contributed by atoms with Crippen LogP contribution in [0.1, 0.15) is 25.8 Å². The molecule has 94 valence electrons. The second-order valence-electron chi connectivity index (χ2n) is 4.14. The van der Waals surface area contributed by atoms with E-state index in [9.17, 15) is 0 Å². The highest BCUT2D eigenvalue weighted by Crippen LogP contribution is 2.13. The lowest BCUT2D eigenvalue weighted by Crippen LogP contribution is -2.07. The van der Waals surface area contributed by atoms with Crippen LogP contribution in [0.3, 0.4) is 0 Å². The van der Waals surface area contributed by atoms with Crippen LogP contribution in [-0.4, -0.2) is 28.7 Å². The third kappa shape index (κ3) is 5.36. The monoisotopic (exact) mass is 237 g/mol. The van der Waals surface area contributed by atoms with Gasteiger partial charge in [0.05, 0.1) is 18.4 Å². The van der Waals surface area contributed by atoms with Crippen molar-refractivity contribution in [3.05, 3.63) is 29.8 Å². The summed E-state index contributed by atoms with van der Waals surface area (Å²) in [6, 6.07) is 7.63. The molecule has 1 atom stereocenters. The molecule has 0 spiro atoms. The fourth-order valence-electron chi connectivity index (χ4n) is 1.38. The highest BCUT2D eigenvalue weighted by Gasteiger charge is 1.99. The van der Waals surface area contributed by atoms with E-state index < -0.39 is 0 Å². The summed E-state index contributed by atoms with van der Waals surface area (Å²) in [6.45, 7) is 4.02. The first kappa shape index (κ1) is 13.5. The lowest BCUT2D eigenvalue weighted by atomic mass is 10.1. The summed E-state index contributed by atoms with van der Waals surface area (Å²) in [4.78, 5) is 0. The predicted molar refractivity (Wildman–Crippen MR) is 66.8 cm³/mol. The van der Waals surface area contributed by atoms with Crippen molar-refractivity contribution in [1.82, 2.24) is 0 Å². The molecule has 0 aromatic heterocycles. The van der Waals surface area contributed by atoms with Crippen LogP contribution in [0.5, 0.6) is 5.75 Å². The van der Waals surface area contributed by atoms with Gasteiger partial charge in [0, 0.05) is 12.8 Å². The average Bonchev–Trinajstić information content (AvgIpc) is 2.31. The number of ether oxygens (including phenoxy) is 1. The predicted octanol–water partition coefficient (Wildman–Crippen LogP) is 2.23. The van der Waals surface area contributed by atoms with Crippen LogP contribution in [0.4, 0.5) is 0 Å². The van der Waals surface area contributed by atoms with E-state index in [2.05, 4.69) is 5.16 Å². The molecule has 0 saturated carbocycles. The quantitative estimate of drug-likeness (QED) is 0.453. The minimum absolute atomic E-state index is 0.335. The van der Waals surface area contributed by atoms with Gasteiger partial charge in [-0.25, -0.2) is 0 Å². The van der Waals surface area contributed by atoms with Gasteiger partial charge in [-0.15, -0.1) is 0 Å². The Kier molecular flexibility index (Phi) is 5.49. The van der Waals surface area contributed by atoms with Crippen molar-refractivity contribution in [3.8, 4) is 5.75 Å². The SMILES string of the molecule is C/C(Cc1ccc(OCCC(C)O)cc1)=N\O. The third-order valence-corrected chi connectivity index (χ3v) is 2.36. The summed E-state index contributed by atoms with van der Waals surface area (Å²) in [6.07, 6.45) is 0.917. The van der Waals surface area contributed by atoms with Gasteiger partial charge < -0.3 is 15.1 Å². The Bertz CT molecular complexity index is 357. The van der Waals surface area contributed by atoms with Crippen LogP contribution < -0.4 is 4.74 Å². The van der Waals surface area contributed by atoms with Gasteiger partial charge in [0.1, 0.15) is 5.75 Å². The summed E-state index contributed by atoms with van der Waals surface area (Å²) >= 11 is 0. The summed E-state index contributed by atoms with van der Waals surface area (Å²) in [5, 5.41) is 20.8. The molecule has 1 unspecified atom stereocenters. The van der Waals surface area contributed by atoms with Crippen molar-refractivity contribution in [2.24, 2.45) is 5.16 Å². The number of hydrogen-bond acceptors (Lipinski definition) is 4. The Balaban J connectivity index is 2.45. The maximum Gasteiger partial charge on any atom is 0.119 e. The second kappa shape index (κ2) is 6.91. The largest absolute Gasteiger partial charge is 0.493 e. The molecule has 0 radical (unpaired) electrons. The molecule has 0 aliphatic carbocycles. The van der Waals surface area contributed by atoms with Crippen LogP contribution >= 0.6 is 0 Å². The Labute approximate surface area is 102 Å². The Morgan fingerprint density at radius 1 is 1.35 bits per heavy atom. The van der Waals surface area contributed by atoms with Gasteiger partial charge in [-0.3, -0.25) is 0 Å². The van der Waals surface area contributed by atoms with Gasteiger partial charge in [0.15, 0.2) is 0 Å². The second-order valence-corrected chi connectivity index (χ2v) is 4.14. The third-order valence-electron chi connectivity index (χ3n) is 2.36. The molecule has 1 rings (SSSR count). The molecular formula is C13H19NO3. The van der Waals surface area contributed by atoms with E-state index in [1.54, 1.807) is 13.8 Å². The van der Waals surface area contributed by atoms with Crippen LogP contribution in [0, 0.1) is 0 Å². The Hall–Kier alpha value is -1.55. The van der Waals surface area contributed by atoms with Crippen molar-refractivity contribution in [1.29, 1.82) is 0 Å². The summed E-state index contributed by atoms with van der Waals surface area (Å²) < 4.78 is 5.46. The molecule has 1 aromatic rings. The minimum Gasteiger partial charge on any atom is -0.493 e. The van der Waals surface area contributed by atoms with Crippen molar-refractivity contribution in [3.63, 3.8) is 0 Å². The van der Waals surface area contributed by atoms with Gasteiger partial charge in [0.2, 0.25) is 0 Å². The number of oxime groups is 1. The van der Waals surface area contributed by atoms with E-state index in [1.807, 2.05) is 24.3 Å². The number of aliphatic hydroxyl groups is 1. The zero-order chi connectivity index (χ0) is 12.7. The van der Waals surface area contributed by atoms with Crippen LogP contribution in [0.2, 0.25) is 0 Å². The van der Waals surface area contributed by atoms with E-state index in [-0.39, 0.29) is 6.10 Å². The van der Waals surface area contributed by atoms with Gasteiger partial charge in [-0.05, 0) is 31.5 Å². The fourth-order valence-corrected chi connectivity index (χ4v) is 1.38. The van der Waals surface area contributed by atoms with Crippen molar-refractivity contribution in [2.75, 3.05) is 6.61 Å². The molecule has 17 heavy (non-hydrogen) atoms. The smallest absolute Gasteiger partial charge is 0.119 e. The van der Waals surface area contributed by atoms with E-state index in [0.717, 1.165) is 11.3 Å². The lowest BCUT2D eigenvalue weighted by molar-refractivity contribution is 0.155. The standard InChI is InChI=1S/C13H19NO3/c1-10(14-16)9-12-3-5-13(6-4-12)17-8-7-11(2)15/h3-6,11,15-16H,7-9H2,1-2H3/b14-10+. The molecule has 0 aliphatic rings. The van der Waals surface area contributed by atoms with Gasteiger partial charge >= 0.3 is 0 Å². The first-order chi connectivity index (χ1) is 8.11. The molecule has 0 aliphatic heterocycles. The molecule has 0 bridgehead atoms. The molecule has 0 fully saturated rings. The van der Waals surface area contributed by atoms with Gasteiger partial charge in [-0.2, -0.15) is 0 Å². The molecule has 2 N–H and O–H groups in total. The lowest BCUT2D eigenvalue weighted by Gasteiger charge is -2.08. The fraction of sp³-hybridized carbons (Fsp3) is 0.462. The zero-order valence-corrected chi connectivity index (χ0v) is 10.3. The molecular weight excluding hydrogens is 218 g/mol. The first-order valence-electron chi connectivity index (χ1n) is 5.69. The normalized spacial score (nSPS) is 13.5. The van der Waals surface area contributed by atoms with E-state index in [0.29, 0.717) is 25.2 Å². The van der Waals surface area contributed by atoms with Gasteiger partial charge in [0.25, 0.3) is 0 Å². The van der Waals surface area contributed by atoms with Crippen molar-refractivity contribution < 1.29 is 15.1 Å². The molecule has 0 amide bonds. The maximum atomic E-state index is 9.08. The Morgan fingerprint density at radius 3 is 2.53 bits per heavy atom. The topological polar surface area (TPSA) is 62.0 Å².